The van der Waals surface area contributed by atoms with Crippen LogP contribution in [0.15, 0.2) is 17.9 Å². The predicted molar refractivity (Wildman–Crippen MR) is 95.3 cm³/mol. The number of aliphatic hydroxyl groups is 1. The van der Waals surface area contributed by atoms with Crippen molar-refractivity contribution in [3.63, 3.8) is 0 Å². The van der Waals surface area contributed by atoms with Crippen molar-refractivity contribution >= 4 is 5.97 Å². The minimum absolute atomic E-state index is 0.126. The van der Waals surface area contributed by atoms with Crippen LogP contribution in [-0.2, 0) is 4.79 Å². The number of carboxylic acids is 1. The topological polar surface area (TPSA) is 88.0 Å². The fourth-order valence-electron chi connectivity index (χ4n) is 2.96. The lowest BCUT2D eigenvalue weighted by Crippen LogP contribution is -2.48. The smallest absolute Gasteiger partial charge is 0.341 e. The lowest BCUT2D eigenvalue weighted by molar-refractivity contribution is -0.139. The van der Waals surface area contributed by atoms with Crippen molar-refractivity contribution in [2.45, 2.75) is 53.3 Å². The van der Waals surface area contributed by atoms with Gasteiger partial charge in [0.15, 0.2) is 12.8 Å². The van der Waals surface area contributed by atoms with Gasteiger partial charge >= 0.3 is 5.97 Å². The van der Waals surface area contributed by atoms with Gasteiger partial charge in [-0.15, -0.1) is 0 Å². The van der Waals surface area contributed by atoms with Crippen LogP contribution in [-0.4, -0.2) is 35.1 Å². The van der Waals surface area contributed by atoms with Gasteiger partial charge in [-0.3, -0.25) is 5.32 Å². The van der Waals surface area contributed by atoms with E-state index in [4.69, 9.17) is 14.6 Å². The standard InChI is InChI=1S/C19H27NO5/c1-10(2)18-14(21)6-7-16(20-18)25-19-11(3)8-15(12(4)13(19)5)24-9-17(22)23/h6,8,10,16,18,20-21H,7,9H2,1-5H3,(H,22,23). The zero-order valence-corrected chi connectivity index (χ0v) is 15.4. The van der Waals surface area contributed by atoms with E-state index in [-0.39, 0.29) is 24.8 Å². The number of aryl methyl sites for hydroxylation is 1. The number of ether oxygens (including phenoxy) is 2. The Kier molecular flexibility index (Phi) is 5.95. The van der Waals surface area contributed by atoms with Gasteiger partial charge in [-0.25, -0.2) is 4.79 Å². The molecule has 6 nitrogen and oxygen atoms in total. The van der Waals surface area contributed by atoms with E-state index in [9.17, 15) is 9.90 Å². The molecule has 0 aliphatic carbocycles. The van der Waals surface area contributed by atoms with E-state index in [0.29, 0.717) is 17.9 Å². The van der Waals surface area contributed by atoms with Gasteiger partial charge in [0.1, 0.15) is 17.3 Å². The summed E-state index contributed by atoms with van der Waals surface area (Å²) in [6, 6.07) is 1.68. The van der Waals surface area contributed by atoms with Gasteiger partial charge in [0.2, 0.25) is 0 Å². The molecule has 1 heterocycles. The summed E-state index contributed by atoms with van der Waals surface area (Å²) in [6.07, 6.45) is 2.14. The van der Waals surface area contributed by atoms with Gasteiger partial charge in [-0.05, 0) is 55.5 Å². The molecule has 2 rings (SSSR count). The molecular weight excluding hydrogens is 322 g/mol. The molecule has 0 amide bonds. The Labute approximate surface area is 148 Å². The monoisotopic (exact) mass is 349 g/mol. The number of rotatable bonds is 6. The number of carbonyl (C=O) groups is 1. The van der Waals surface area contributed by atoms with Gasteiger partial charge in [0.05, 0.1) is 6.04 Å². The summed E-state index contributed by atoms with van der Waals surface area (Å²) in [4.78, 5) is 10.7. The van der Waals surface area contributed by atoms with Crippen molar-refractivity contribution in [3.05, 3.63) is 34.6 Å². The lowest BCUT2D eigenvalue weighted by Gasteiger charge is -2.32. The van der Waals surface area contributed by atoms with Gasteiger partial charge in [0, 0.05) is 6.42 Å². The summed E-state index contributed by atoms with van der Waals surface area (Å²) in [5.41, 5.74) is 2.66. The maximum atomic E-state index is 10.7. The van der Waals surface area contributed by atoms with Crippen LogP contribution < -0.4 is 14.8 Å². The third-order valence-corrected chi connectivity index (χ3v) is 4.48. The minimum atomic E-state index is -1.01. The minimum Gasteiger partial charge on any atom is -0.511 e. The third-order valence-electron chi connectivity index (χ3n) is 4.48. The predicted octanol–water partition coefficient (Wildman–Crippen LogP) is 3.24. The molecule has 2 atom stereocenters. The van der Waals surface area contributed by atoms with Gasteiger partial charge in [0.25, 0.3) is 0 Å². The highest BCUT2D eigenvalue weighted by Crippen LogP contribution is 2.34. The number of hydrogen-bond donors (Lipinski definition) is 3. The van der Waals surface area contributed by atoms with Crippen molar-refractivity contribution in [1.82, 2.24) is 5.32 Å². The Morgan fingerprint density at radius 3 is 2.60 bits per heavy atom. The Hall–Kier alpha value is -2.21. The Morgan fingerprint density at radius 2 is 2.00 bits per heavy atom. The summed E-state index contributed by atoms with van der Waals surface area (Å²) >= 11 is 0. The number of carboxylic acid groups (broad SMARTS) is 1. The molecule has 0 saturated carbocycles. The average molecular weight is 349 g/mol. The van der Waals surface area contributed by atoms with Crippen LogP contribution in [0.3, 0.4) is 0 Å². The van der Waals surface area contributed by atoms with E-state index < -0.39 is 5.97 Å². The molecule has 6 heteroatoms. The maximum absolute atomic E-state index is 10.7. The first kappa shape index (κ1) is 19.1. The van der Waals surface area contributed by atoms with E-state index in [2.05, 4.69) is 5.32 Å². The highest BCUT2D eigenvalue weighted by molar-refractivity contribution is 5.68. The summed E-state index contributed by atoms with van der Waals surface area (Å²) < 4.78 is 11.5. The molecule has 1 aromatic carbocycles. The zero-order chi connectivity index (χ0) is 18.7. The maximum Gasteiger partial charge on any atom is 0.341 e. The van der Waals surface area contributed by atoms with E-state index in [1.54, 1.807) is 12.1 Å². The van der Waals surface area contributed by atoms with E-state index in [0.717, 1.165) is 22.4 Å². The van der Waals surface area contributed by atoms with Crippen LogP contribution in [0.2, 0.25) is 0 Å². The van der Waals surface area contributed by atoms with Crippen LogP contribution >= 0.6 is 0 Å². The van der Waals surface area contributed by atoms with Crippen molar-refractivity contribution < 1.29 is 24.5 Å². The van der Waals surface area contributed by atoms with Crippen molar-refractivity contribution in [2.24, 2.45) is 5.92 Å². The molecule has 0 saturated heterocycles. The normalized spacial score (nSPS) is 20.3. The SMILES string of the molecule is Cc1cc(OCC(=O)O)c(C)c(C)c1OC1CC=C(O)C(C(C)C)N1. The van der Waals surface area contributed by atoms with Gasteiger partial charge in [-0.2, -0.15) is 0 Å². The number of aliphatic hydroxyl groups excluding tert-OH is 1. The molecule has 2 unspecified atom stereocenters. The number of hydrogen-bond acceptors (Lipinski definition) is 5. The number of aliphatic carboxylic acids is 1. The van der Waals surface area contributed by atoms with Crippen molar-refractivity contribution in [2.75, 3.05) is 6.61 Å². The summed E-state index contributed by atoms with van der Waals surface area (Å²) in [6.45, 7) is 9.44. The quantitative estimate of drug-likeness (QED) is 0.731. The molecular formula is C19H27NO5. The van der Waals surface area contributed by atoms with Crippen LogP contribution in [0.1, 0.15) is 37.0 Å². The number of nitrogens with one attached hydrogen (secondary N) is 1. The average Bonchev–Trinajstić information content (AvgIpc) is 2.54. The molecule has 138 valence electrons. The molecule has 1 aromatic rings. The molecule has 0 aromatic heterocycles. The third kappa shape index (κ3) is 4.45. The van der Waals surface area contributed by atoms with Gasteiger partial charge < -0.3 is 19.7 Å². The molecule has 25 heavy (non-hydrogen) atoms. The van der Waals surface area contributed by atoms with E-state index in [1.807, 2.05) is 34.6 Å². The lowest BCUT2D eigenvalue weighted by atomic mass is 9.98. The van der Waals surface area contributed by atoms with Crippen molar-refractivity contribution in [1.29, 1.82) is 0 Å². The Morgan fingerprint density at radius 1 is 1.32 bits per heavy atom. The number of benzene rings is 1. The first-order chi connectivity index (χ1) is 11.7. The first-order valence-electron chi connectivity index (χ1n) is 8.47. The molecule has 1 aliphatic heterocycles. The van der Waals surface area contributed by atoms with Crippen LogP contribution in [0.4, 0.5) is 0 Å². The van der Waals surface area contributed by atoms with E-state index >= 15 is 0 Å². The second kappa shape index (κ2) is 7.78. The molecule has 0 fully saturated rings. The largest absolute Gasteiger partial charge is 0.511 e. The summed E-state index contributed by atoms with van der Waals surface area (Å²) in [5, 5.41) is 22.1. The molecule has 0 bridgehead atoms. The highest BCUT2D eigenvalue weighted by atomic mass is 16.5. The van der Waals surface area contributed by atoms with Crippen LogP contribution in [0, 0.1) is 26.7 Å². The fraction of sp³-hybridized carbons (Fsp3) is 0.526. The molecule has 0 radical (unpaired) electrons. The summed E-state index contributed by atoms with van der Waals surface area (Å²) in [7, 11) is 0. The van der Waals surface area contributed by atoms with E-state index in [1.165, 1.54) is 0 Å². The Balaban J connectivity index is 2.20. The van der Waals surface area contributed by atoms with Crippen molar-refractivity contribution in [3.8, 4) is 11.5 Å². The molecule has 0 spiro atoms. The second-order valence-electron chi connectivity index (χ2n) is 6.81. The fourth-order valence-corrected chi connectivity index (χ4v) is 2.96. The molecule has 1 aliphatic rings. The summed E-state index contributed by atoms with van der Waals surface area (Å²) in [5.74, 6) is 0.914. The zero-order valence-electron chi connectivity index (χ0n) is 15.4. The second-order valence-corrected chi connectivity index (χ2v) is 6.81. The van der Waals surface area contributed by atoms with Gasteiger partial charge in [-0.1, -0.05) is 13.8 Å². The first-order valence-corrected chi connectivity index (χ1v) is 8.47. The molecule has 3 N–H and O–H groups in total. The van der Waals surface area contributed by atoms with Crippen LogP contribution in [0.5, 0.6) is 11.5 Å². The van der Waals surface area contributed by atoms with Crippen LogP contribution in [0.25, 0.3) is 0 Å². The Bertz CT molecular complexity index is 681. The highest BCUT2D eigenvalue weighted by Gasteiger charge is 2.27.